The fraction of sp³-hybridized carbons (Fsp3) is 0.385. The zero-order valence-corrected chi connectivity index (χ0v) is 11.6. The molecule has 0 aliphatic carbocycles. The van der Waals surface area contributed by atoms with Gasteiger partial charge in [0.1, 0.15) is 0 Å². The normalized spacial score (nSPS) is 12.2. The number of likely N-dealkylation sites (N-methyl/N-ethyl adjacent to an activating group) is 1. The zero-order valence-electron chi connectivity index (χ0n) is 10.9. The van der Waals surface area contributed by atoms with Crippen LogP contribution in [0, 0.1) is 5.92 Å². The number of nitrogens with zero attached hydrogens (tertiary/aromatic N) is 1. The van der Waals surface area contributed by atoms with Crippen LogP contribution < -0.4 is 5.32 Å². The van der Waals surface area contributed by atoms with E-state index in [0.717, 1.165) is 0 Å². The number of aliphatic carboxylic acids is 1. The number of hydrogen-bond donors (Lipinski definition) is 2. The molecule has 0 saturated carbocycles. The van der Waals surface area contributed by atoms with Crippen LogP contribution in [-0.4, -0.2) is 42.0 Å². The predicted molar refractivity (Wildman–Crippen MR) is 74.4 cm³/mol. The first-order valence-corrected chi connectivity index (χ1v) is 6.23. The highest BCUT2D eigenvalue weighted by Gasteiger charge is 2.15. The second-order valence-electron chi connectivity index (χ2n) is 4.46. The van der Waals surface area contributed by atoms with Crippen LogP contribution >= 0.6 is 11.6 Å². The summed E-state index contributed by atoms with van der Waals surface area (Å²) in [6.07, 6.45) is 0. The molecule has 1 rings (SSSR count). The highest BCUT2D eigenvalue weighted by Crippen LogP contribution is 2.20. The number of rotatable bonds is 6. The topological polar surface area (TPSA) is 69.6 Å². The van der Waals surface area contributed by atoms with E-state index in [9.17, 15) is 9.59 Å². The third kappa shape index (κ3) is 5.28. The molecule has 1 aromatic rings. The molecular weight excluding hydrogens is 268 g/mol. The number of carbonyl (C=O) groups excluding carboxylic acids is 1. The van der Waals surface area contributed by atoms with Crippen molar-refractivity contribution >= 4 is 29.2 Å². The van der Waals surface area contributed by atoms with Crippen LogP contribution in [0.2, 0.25) is 5.02 Å². The van der Waals surface area contributed by atoms with Gasteiger partial charge in [-0.2, -0.15) is 0 Å². The molecule has 0 fully saturated rings. The minimum absolute atomic E-state index is 0.114. The van der Waals surface area contributed by atoms with Crippen LogP contribution in [0.3, 0.4) is 0 Å². The van der Waals surface area contributed by atoms with Crippen LogP contribution in [0.25, 0.3) is 0 Å². The number of nitrogens with one attached hydrogen (secondary N) is 1. The molecule has 0 spiro atoms. The average Bonchev–Trinajstić information content (AvgIpc) is 2.31. The molecule has 0 radical (unpaired) electrons. The van der Waals surface area contributed by atoms with Crippen LogP contribution in [-0.2, 0) is 9.59 Å². The molecule has 104 valence electrons. The minimum atomic E-state index is -0.877. The molecule has 0 saturated heterocycles. The highest BCUT2D eigenvalue weighted by molar-refractivity contribution is 6.33. The number of anilines is 1. The molecule has 5 nitrogen and oxygen atoms in total. The Balaban J connectivity index is 2.47. The van der Waals surface area contributed by atoms with Gasteiger partial charge in [0.2, 0.25) is 5.91 Å². The Morgan fingerprint density at radius 1 is 1.42 bits per heavy atom. The molecular formula is C13H17ClN2O3. The van der Waals surface area contributed by atoms with E-state index in [1.807, 2.05) is 0 Å². The minimum Gasteiger partial charge on any atom is -0.481 e. The molecule has 2 N–H and O–H groups in total. The van der Waals surface area contributed by atoms with Crippen molar-refractivity contribution in [3.8, 4) is 0 Å². The van der Waals surface area contributed by atoms with Crippen LogP contribution in [0.5, 0.6) is 0 Å². The van der Waals surface area contributed by atoms with Gasteiger partial charge in [-0.05, 0) is 19.2 Å². The zero-order chi connectivity index (χ0) is 14.4. The molecule has 0 aliphatic heterocycles. The van der Waals surface area contributed by atoms with Gasteiger partial charge in [0, 0.05) is 6.54 Å². The van der Waals surface area contributed by atoms with Gasteiger partial charge in [-0.1, -0.05) is 30.7 Å². The van der Waals surface area contributed by atoms with Crippen LogP contribution in [0.15, 0.2) is 24.3 Å². The maximum atomic E-state index is 11.8. The van der Waals surface area contributed by atoms with Crippen molar-refractivity contribution in [2.75, 3.05) is 25.5 Å². The summed E-state index contributed by atoms with van der Waals surface area (Å²) < 4.78 is 0. The quantitative estimate of drug-likeness (QED) is 0.837. The van der Waals surface area contributed by atoms with Crippen molar-refractivity contribution in [1.82, 2.24) is 4.90 Å². The Kier molecular flexibility index (Phi) is 5.79. The lowest BCUT2D eigenvalue weighted by atomic mass is 10.2. The molecule has 19 heavy (non-hydrogen) atoms. The molecule has 0 aromatic heterocycles. The van der Waals surface area contributed by atoms with Gasteiger partial charge in [0.15, 0.2) is 0 Å². The van der Waals surface area contributed by atoms with E-state index < -0.39 is 11.9 Å². The summed E-state index contributed by atoms with van der Waals surface area (Å²) in [6.45, 7) is 2.03. The Labute approximate surface area is 117 Å². The molecule has 0 heterocycles. The molecule has 1 unspecified atom stereocenters. The summed E-state index contributed by atoms with van der Waals surface area (Å²) in [4.78, 5) is 24.1. The third-order valence-corrected chi connectivity index (χ3v) is 2.90. The van der Waals surface area contributed by atoms with Crippen LogP contribution in [0.4, 0.5) is 5.69 Å². The Hall–Kier alpha value is -1.59. The summed E-state index contributed by atoms with van der Waals surface area (Å²) >= 11 is 5.92. The number of benzene rings is 1. The van der Waals surface area contributed by atoms with Crippen molar-refractivity contribution in [3.05, 3.63) is 29.3 Å². The molecule has 0 bridgehead atoms. The van der Waals surface area contributed by atoms with Gasteiger partial charge in [-0.3, -0.25) is 14.5 Å². The first-order valence-electron chi connectivity index (χ1n) is 5.86. The van der Waals surface area contributed by atoms with E-state index in [0.29, 0.717) is 17.3 Å². The van der Waals surface area contributed by atoms with Crippen molar-refractivity contribution in [3.63, 3.8) is 0 Å². The van der Waals surface area contributed by atoms with Gasteiger partial charge >= 0.3 is 5.97 Å². The largest absolute Gasteiger partial charge is 0.481 e. The standard InChI is InChI=1S/C13H17ClN2O3/c1-9(13(18)19)7-16(2)8-12(17)15-11-6-4-3-5-10(11)14/h3-6,9H,7-8H2,1-2H3,(H,15,17)(H,18,19). The van der Waals surface area contributed by atoms with Crippen LogP contribution in [0.1, 0.15) is 6.92 Å². The van der Waals surface area contributed by atoms with Crippen molar-refractivity contribution in [2.45, 2.75) is 6.92 Å². The number of hydrogen-bond acceptors (Lipinski definition) is 3. The smallest absolute Gasteiger partial charge is 0.307 e. The van der Waals surface area contributed by atoms with E-state index in [-0.39, 0.29) is 12.5 Å². The summed E-state index contributed by atoms with van der Waals surface area (Å²) in [5, 5.41) is 11.9. The van der Waals surface area contributed by atoms with E-state index in [4.69, 9.17) is 16.7 Å². The summed E-state index contributed by atoms with van der Waals surface area (Å²) in [5.74, 6) is -1.62. The summed E-state index contributed by atoms with van der Waals surface area (Å²) in [7, 11) is 1.70. The predicted octanol–water partition coefficient (Wildman–Crippen LogP) is 1.93. The van der Waals surface area contributed by atoms with Gasteiger partial charge < -0.3 is 10.4 Å². The Bertz CT molecular complexity index is 465. The fourth-order valence-corrected chi connectivity index (χ4v) is 1.79. The van der Waals surface area contributed by atoms with Crippen molar-refractivity contribution < 1.29 is 14.7 Å². The number of carboxylic acids is 1. The number of halogens is 1. The SMILES string of the molecule is CC(CN(C)CC(=O)Nc1ccccc1Cl)C(=O)O. The second kappa shape index (κ2) is 7.11. The number of para-hydroxylation sites is 1. The van der Waals surface area contributed by atoms with E-state index in [2.05, 4.69) is 5.32 Å². The molecule has 1 amide bonds. The molecule has 1 aromatic carbocycles. The molecule has 0 aliphatic rings. The summed E-state index contributed by atoms with van der Waals surface area (Å²) in [6, 6.07) is 6.95. The first kappa shape index (κ1) is 15.5. The van der Waals surface area contributed by atoms with E-state index in [1.54, 1.807) is 43.1 Å². The number of carboxylic acid groups (broad SMARTS) is 1. The van der Waals surface area contributed by atoms with Gasteiger partial charge in [-0.25, -0.2) is 0 Å². The van der Waals surface area contributed by atoms with Gasteiger partial charge in [0.25, 0.3) is 0 Å². The first-order chi connectivity index (χ1) is 8.90. The summed E-state index contributed by atoms with van der Waals surface area (Å²) in [5.41, 5.74) is 0.550. The van der Waals surface area contributed by atoms with E-state index >= 15 is 0 Å². The van der Waals surface area contributed by atoms with Gasteiger partial charge in [-0.15, -0.1) is 0 Å². The number of amides is 1. The van der Waals surface area contributed by atoms with Crippen molar-refractivity contribution in [1.29, 1.82) is 0 Å². The van der Waals surface area contributed by atoms with E-state index in [1.165, 1.54) is 0 Å². The average molecular weight is 285 g/mol. The van der Waals surface area contributed by atoms with Crippen molar-refractivity contribution in [2.24, 2.45) is 5.92 Å². The lowest BCUT2D eigenvalue weighted by molar-refractivity contribution is -0.141. The Morgan fingerprint density at radius 3 is 2.63 bits per heavy atom. The monoisotopic (exact) mass is 284 g/mol. The maximum Gasteiger partial charge on any atom is 0.307 e. The second-order valence-corrected chi connectivity index (χ2v) is 4.87. The fourth-order valence-electron chi connectivity index (χ4n) is 1.61. The maximum absolute atomic E-state index is 11.8. The molecule has 1 atom stereocenters. The Morgan fingerprint density at radius 2 is 2.05 bits per heavy atom. The lowest BCUT2D eigenvalue weighted by Crippen LogP contribution is -2.35. The molecule has 6 heteroatoms. The lowest BCUT2D eigenvalue weighted by Gasteiger charge is -2.18. The van der Waals surface area contributed by atoms with Gasteiger partial charge in [0.05, 0.1) is 23.2 Å². The number of carbonyl (C=O) groups is 2. The highest BCUT2D eigenvalue weighted by atomic mass is 35.5. The third-order valence-electron chi connectivity index (χ3n) is 2.57.